The highest BCUT2D eigenvalue weighted by Gasteiger charge is 2.34. The van der Waals surface area contributed by atoms with Gasteiger partial charge in [0.15, 0.2) is 0 Å². The molecular formula is C45H35N. The Balaban J connectivity index is 0.00000153. The van der Waals surface area contributed by atoms with Gasteiger partial charge in [-0.1, -0.05) is 123 Å². The molecule has 220 valence electrons. The van der Waals surface area contributed by atoms with Crippen LogP contribution in [0, 0.1) is 0 Å². The Morgan fingerprint density at radius 3 is 1.72 bits per heavy atom. The van der Waals surface area contributed by atoms with Gasteiger partial charge in [0.25, 0.3) is 0 Å². The predicted octanol–water partition coefficient (Wildman–Crippen LogP) is 12.8. The molecule has 0 N–H and O–H groups in total. The van der Waals surface area contributed by atoms with Gasteiger partial charge < -0.3 is 4.90 Å². The number of anilines is 3. The van der Waals surface area contributed by atoms with E-state index in [9.17, 15) is 0 Å². The average molecular weight is 590 g/mol. The lowest BCUT2D eigenvalue weighted by Gasteiger charge is -2.36. The Morgan fingerprint density at radius 1 is 0.435 bits per heavy atom. The van der Waals surface area contributed by atoms with Crippen molar-refractivity contribution in [1.82, 2.24) is 0 Å². The SMILES string of the molecule is C=C.CC1(C)c2ccccc2-c2cc3ccc(-c4ccc(N(c5ccccc5)c5ccccc5)cc4)c4ccc5ccc1c2c5c34. The van der Waals surface area contributed by atoms with Gasteiger partial charge >= 0.3 is 0 Å². The summed E-state index contributed by atoms with van der Waals surface area (Å²) in [6.07, 6.45) is 0. The summed E-state index contributed by atoms with van der Waals surface area (Å²) in [5.41, 5.74) is 11.4. The maximum Gasteiger partial charge on any atom is 0.0462 e. The minimum atomic E-state index is -0.0616. The molecule has 0 saturated heterocycles. The summed E-state index contributed by atoms with van der Waals surface area (Å²) in [7, 11) is 0. The van der Waals surface area contributed by atoms with Crippen molar-refractivity contribution in [3.63, 3.8) is 0 Å². The summed E-state index contributed by atoms with van der Waals surface area (Å²) in [6.45, 7) is 10.8. The zero-order valence-corrected chi connectivity index (χ0v) is 26.3. The Labute approximate surface area is 271 Å². The fraction of sp³-hybridized carbons (Fsp3) is 0.0667. The monoisotopic (exact) mass is 589 g/mol. The third kappa shape index (κ3) is 4.09. The normalized spacial score (nSPS) is 12.9. The number of hydrogen-bond donors (Lipinski definition) is 0. The van der Waals surface area contributed by atoms with Crippen molar-refractivity contribution in [1.29, 1.82) is 0 Å². The highest BCUT2D eigenvalue weighted by atomic mass is 15.1. The van der Waals surface area contributed by atoms with Crippen LogP contribution >= 0.6 is 0 Å². The zero-order chi connectivity index (χ0) is 31.4. The molecule has 8 aromatic rings. The summed E-state index contributed by atoms with van der Waals surface area (Å²) < 4.78 is 0. The molecule has 0 unspecified atom stereocenters. The lowest BCUT2D eigenvalue weighted by Crippen LogP contribution is -2.23. The summed E-state index contributed by atoms with van der Waals surface area (Å²) in [5.74, 6) is 0. The smallest absolute Gasteiger partial charge is 0.0462 e. The molecule has 0 atom stereocenters. The molecule has 1 heteroatoms. The molecule has 9 rings (SSSR count). The molecule has 0 fully saturated rings. The number of para-hydroxylation sites is 2. The molecule has 0 bridgehead atoms. The topological polar surface area (TPSA) is 3.24 Å². The highest BCUT2D eigenvalue weighted by molar-refractivity contribution is 6.29. The van der Waals surface area contributed by atoms with Crippen LogP contribution < -0.4 is 4.90 Å². The first-order chi connectivity index (χ1) is 22.6. The van der Waals surface area contributed by atoms with Crippen molar-refractivity contribution in [2.24, 2.45) is 0 Å². The van der Waals surface area contributed by atoms with Gasteiger partial charge in [-0.15, -0.1) is 13.2 Å². The van der Waals surface area contributed by atoms with Gasteiger partial charge in [0, 0.05) is 22.5 Å². The van der Waals surface area contributed by atoms with Crippen molar-refractivity contribution in [2.75, 3.05) is 4.90 Å². The maximum atomic E-state index is 3.00. The number of hydrogen-bond acceptors (Lipinski definition) is 1. The van der Waals surface area contributed by atoms with Crippen LogP contribution in [0.25, 0.3) is 54.6 Å². The van der Waals surface area contributed by atoms with E-state index in [1.807, 2.05) is 0 Å². The Hall–Kier alpha value is -5.66. The van der Waals surface area contributed by atoms with Gasteiger partial charge in [-0.3, -0.25) is 0 Å². The van der Waals surface area contributed by atoms with E-state index >= 15 is 0 Å². The molecule has 0 radical (unpaired) electrons. The lowest BCUT2D eigenvalue weighted by atomic mass is 9.67. The molecule has 1 nitrogen and oxygen atoms in total. The molecule has 0 amide bonds. The number of nitrogens with zero attached hydrogens (tertiary/aromatic N) is 1. The quantitative estimate of drug-likeness (QED) is 0.146. The van der Waals surface area contributed by atoms with Crippen molar-refractivity contribution in [2.45, 2.75) is 19.3 Å². The third-order valence-electron chi connectivity index (χ3n) is 9.79. The van der Waals surface area contributed by atoms with Crippen LogP contribution in [0.15, 0.2) is 165 Å². The van der Waals surface area contributed by atoms with Crippen LogP contribution in [0.1, 0.15) is 25.0 Å². The fourth-order valence-electron chi connectivity index (χ4n) is 7.70. The second-order valence-corrected chi connectivity index (χ2v) is 12.6. The third-order valence-corrected chi connectivity index (χ3v) is 9.79. The molecule has 8 aromatic carbocycles. The molecule has 46 heavy (non-hydrogen) atoms. The van der Waals surface area contributed by atoms with Crippen LogP contribution in [-0.2, 0) is 5.41 Å². The summed E-state index contributed by atoms with van der Waals surface area (Å²) in [4.78, 5) is 2.31. The zero-order valence-electron chi connectivity index (χ0n) is 26.3. The number of benzene rings is 8. The van der Waals surface area contributed by atoms with E-state index in [2.05, 4.69) is 184 Å². The Kier molecular flexibility index (Phi) is 6.51. The van der Waals surface area contributed by atoms with Crippen molar-refractivity contribution < 1.29 is 0 Å². The van der Waals surface area contributed by atoms with Crippen molar-refractivity contribution in [3.05, 3.63) is 176 Å². The Bertz CT molecular complexity index is 2310. The first-order valence-corrected chi connectivity index (χ1v) is 16.0. The number of rotatable bonds is 4. The van der Waals surface area contributed by atoms with Crippen molar-refractivity contribution in [3.8, 4) is 22.3 Å². The average Bonchev–Trinajstić information content (AvgIpc) is 3.12. The predicted molar refractivity (Wildman–Crippen MR) is 199 cm³/mol. The van der Waals surface area contributed by atoms with Crippen LogP contribution in [0.3, 0.4) is 0 Å². The van der Waals surface area contributed by atoms with Gasteiger partial charge in [0.1, 0.15) is 0 Å². The van der Waals surface area contributed by atoms with Gasteiger partial charge in [-0.05, 0) is 108 Å². The number of fused-ring (bicyclic) bond motifs is 2. The largest absolute Gasteiger partial charge is 0.311 e. The molecule has 0 heterocycles. The first-order valence-electron chi connectivity index (χ1n) is 16.0. The van der Waals surface area contributed by atoms with E-state index in [0.29, 0.717) is 0 Å². The van der Waals surface area contributed by atoms with Crippen LogP contribution in [0.2, 0.25) is 0 Å². The minimum absolute atomic E-state index is 0.0616. The molecule has 0 spiro atoms. The molecule has 1 aliphatic rings. The van der Waals surface area contributed by atoms with Crippen LogP contribution in [-0.4, -0.2) is 0 Å². The summed E-state index contributed by atoms with van der Waals surface area (Å²) >= 11 is 0. The molecule has 1 aliphatic carbocycles. The maximum absolute atomic E-state index is 3.00. The van der Waals surface area contributed by atoms with E-state index in [0.717, 1.165) is 17.1 Å². The van der Waals surface area contributed by atoms with Gasteiger partial charge in [0.2, 0.25) is 0 Å². The van der Waals surface area contributed by atoms with E-state index < -0.39 is 0 Å². The van der Waals surface area contributed by atoms with E-state index in [-0.39, 0.29) is 5.41 Å². The molecule has 0 aliphatic heterocycles. The van der Waals surface area contributed by atoms with Crippen molar-refractivity contribution >= 4 is 49.4 Å². The standard InChI is InChI=1S/C43H31N.C2H4/c1-43(2)38-16-10-9-15-35(38)37-27-30-20-24-34(36-25-19-29-21-26-39(43)42(37)41(29)40(30)36)28-17-22-33(23-18-28)44(31-11-5-3-6-12-31)32-13-7-4-8-14-32;1-2/h3-27H,1-2H3;1-2H2. The Morgan fingerprint density at radius 2 is 1.02 bits per heavy atom. The fourth-order valence-corrected chi connectivity index (χ4v) is 7.70. The first kappa shape index (κ1) is 27.9. The van der Waals surface area contributed by atoms with Gasteiger partial charge in [0.05, 0.1) is 0 Å². The highest BCUT2D eigenvalue weighted by Crippen LogP contribution is 2.52. The second-order valence-electron chi connectivity index (χ2n) is 12.6. The van der Waals surface area contributed by atoms with E-state index in [4.69, 9.17) is 0 Å². The lowest BCUT2D eigenvalue weighted by molar-refractivity contribution is 0.645. The van der Waals surface area contributed by atoms with E-state index in [1.54, 1.807) is 0 Å². The van der Waals surface area contributed by atoms with Gasteiger partial charge in [-0.2, -0.15) is 0 Å². The molecule has 0 aromatic heterocycles. The van der Waals surface area contributed by atoms with E-state index in [1.165, 1.54) is 65.7 Å². The van der Waals surface area contributed by atoms with Crippen LogP contribution in [0.4, 0.5) is 17.1 Å². The second kappa shape index (κ2) is 10.8. The summed E-state index contributed by atoms with van der Waals surface area (Å²) in [6, 6.07) is 55.7. The summed E-state index contributed by atoms with van der Waals surface area (Å²) in [5, 5.41) is 8.11. The molecular weight excluding hydrogens is 555 g/mol. The van der Waals surface area contributed by atoms with Gasteiger partial charge in [-0.25, -0.2) is 0 Å². The molecule has 0 saturated carbocycles. The minimum Gasteiger partial charge on any atom is -0.311 e. The van der Waals surface area contributed by atoms with Crippen LogP contribution in [0.5, 0.6) is 0 Å².